The monoisotopic (exact) mass is 328 g/mol. The van der Waals surface area contributed by atoms with Gasteiger partial charge in [-0.05, 0) is 40.3 Å². The highest BCUT2D eigenvalue weighted by atomic mass is 19.4. The summed E-state index contributed by atoms with van der Waals surface area (Å²) in [5.41, 5.74) is 0.598. The second kappa shape index (κ2) is 5.63. The number of aromatic nitrogens is 4. The summed E-state index contributed by atoms with van der Waals surface area (Å²) in [7, 11) is 4.02. The van der Waals surface area contributed by atoms with Crippen molar-refractivity contribution in [1.82, 2.24) is 24.5 Å². The van der Waals surface area contributed by atoms with Gasteiger partial charge in [0.25, 0.3) is 11.6 Å². The third kappa shape index (κ3) is 3.10. The molecule has 0 amide bonds. The van der Waals surface area contributed by atoms with Crippen molar-refractivity contribution < 1.29 is 13.2 Å². The lowest BCUT2D eigenvalue weighted by Gasteiger charge is -2.27. The predicted octanol–water partition coefficient (Wildman–Crippen LogP) is 2.35. The third-order valence-electron chi connectivity index (χ3n) is 4.17. The zero-order valence-corrected chi connectivity index (χ0v) is 13.2. The van der Waals surface area contributed by atoms with Crippen molar-refractivity contribution in [2.45, 2.75) is 44.4 Å². The molecule has 1 aliphatic rings. The van der Waals surface area contributed by atoms with E-state index in [0.29, 0.717) is 17.6 Å². The molecule has 0 radical (unpaired) electrons. The van der Waals surface area contributed by atoms with Gasteiger partial charge in [-0.3, -0.25) is 0 Å². The standard InChI is InChI=1S/C14H19F3N6/c1-8-7-11(19-9-5-4-6-10(9)22(2)3)23-13(18-8)20-12(21-23)14(15,16)17/h7,9-10,19H,4-6H2,1-3H3/t9-,10-/m0/s1. The molecule has 3 rings (SSSR count). The maximum Gasteiger partial charge on any atom is 0.453 e. The Hall–Kier alpha value is -1.90. The molecule has 2 atom stereocenters. The highest BCUT2D eigenvalue weighted by Gasteiger charge is 2.37. The van der Waals surface area contributed by atoms with E-state index in [2.05, 4.69) is 25.3 Å². The lowest BCUT2D eigenvalue weighted by Crippen LogP contribution is -2.39. The Balaban J connectivity index is 1.98. The second-order valence-corrected chi connectivity index (χ2v) is 6.14. The molecule has 2 aromatic heterocycles. The summed E-state index contributed by atoms with van der Waals surface area (Å²) < 4.78 is 39.7. The molecule has 1 fully saturated rings. The normalized spacial score (nSPS) is 22.2. The van der Waals surface area contributed by atoms with Gasteiger partial charge in [0.15, 0.2) is 0 Å². The van der Waals surface area contributed by atoms with Gasteiger partial charge in [-0.1, -0.05) is 0 Å². The number of nitrogens with zero attached hydrogens (tertiary/aromatic N) is 5. The Morgan fingerprint density at radius 1 is 1.26 bits per heavy atom. The minimum Gasteiger partial charge on any atom is -0.366 e. The van der Waals surface area contributed by atoms with Gasteiger partial charge >= 0.3 is 6.18 Å². The van der Waals surface area contributed by atoms with Gasteiger partial charge in [0.1, 0.15) is 5.82 Å². The van der Waals surface area contributed by atoms with E-state index in [9.17, 15) is 13.2 Å². The Morgan fingerprint density at radius 3 is 2.65 bits per heavy atom. The smallest absolute Gasteiger partial charge is 0.366 e. The summed E-state index contributed by atoms with van der Waals surface area (Å²) in [5, 5.41) is 6.91. The van der Waals surface area contributed by atoms with Gasteiger partial charge in [0, 0.05) is 23.8 Å². The van der Waals surface area contributed by atoms with Crippen LogP contribution in [-0.2, 0) is 6.18 Å². The Kier molecular flexibility index (Phi) is 3.91. The Bertz CT molecular complexity index is 708. The number of fused-ring (bicyclic) bond motifs is 1. The average Bonchev–Trinajstić information content (AvgIpc) is 3.03. The fourth-order valence-electron chi connectivity index (χ4n) is 3.13. The van der Waals surface area contributed by atoms with E-state index >= 15 is 0 Å². The molecule has 23 heavy (non-hydrogen) atoms. The Morgan fingerprint density at radius 2 is 2.00 bits per heavy atom. The first kappa shape index (κ1) is 16.0. The minimum absolute atomic E-state index is 0.0424. The predicted molar refractivity (Wildman–Crippen MR) is 79.3 cm³/mol. The van der Waals surface area contributed by atoms with Crippen LogP contribution in [0.5, 0.6) is 0 Å². The number of anilines is 1. The van der Waals surface area contributed by atoms with Gasteiger partial charge in [-0.25, -0.2) is 4.98 Å². The fraction of sp³-hybridized carbons (Fsp3) is 0.643. The van der Waals surface area contributed by atoms with Gasteiger partial charge in [0.2, 0.25) is 0 Å². The lowest BCUT2D eigenvalue weighted by molar-refractivity contribution is -0.144. The largest absolute Gasteiger partial charge is 0.453 e. The van der Waals surface area contributed by atoms with E-state index in [-0.39, 0.29) is 11.8 Å². The number of rotatable bonds is 3. The van der Waals surface area contributed by atoms with Crippen LogP contribution in [0.15, 0.2) is 6.07 Å². The molecule has 6 nitrogen and oxygen atoms in total. The molecule has 0 unspecified atom stereocenters. The molecule has 126 valence electrons. The average molecular weight is 328 g/mol. The first-order chi connectivity index (χ1) is 10.8. The molecule has 0 bridgehead atoms. The number of likely N-dealkylation sites (N-methyl/N-ethyl adjacent to an activating group) is 1. The lowest BCUT2D eigenvalue weighted by atomic mass is 10.1. The number of hydrogen-bond acceptors (Lipinski definition) is 5. The zero-order valence-electron chi connectivity index (χ0n) is 13.2. The van der Waals surface area contributed by atoms with Crippen LogP contribution >= 0.6 is 0 Å². The summed E-state index contributed by atoms with van der Waals surface area (Å²) in [6.07, 6.45) is -1.48. The van der Waals surface area contributed by atoms with Crippen LogP contribution in [0.2, 0.25) is 0 Å². The van der Waals surface area contributed by atoms with Crippen molar-refractivity contribution in [2.24, 2.45) is 0 Å². The highest BCUT2D eigenvalue weighted by Crippen LogP contribution is 2.29. The maximum absolute atomic E-state index is 12.8. The quantitative estimate of drug-likeness (QED) is 0.937. The molecular formula is C14H19F3N6. The fourth-order valence-corrected chi connectivity index (χ4v) is 3.13. The molecule has 9 heteroatoms. The van der Waals surface area contributed by atoms with Crippen LogP contribution in [-0.4, -0.2) is 50.7 Å². The number of alkyl halides is 3. The van der Waals surface area contributed by atoms with Gasteiger partial charge in [-0.2, -0.15) is 22.7 Å². The molecular weight excluding hydrogens is 309 g/mol. The van der Waals surface area contributed by atoms with E-state index < -0.39 is 12.0 Å². The van der Waals surface area contributed by atoms with Crippen LogP contribution < -0.4 is 5.32 Å². The summed E-state index contributed by atoms with van der Waals surface area (Å²) in [4.78, 5) is 9.67. The van der Waals surface area contributed by atoms with Crippen molar-refractivity contribution in [2.75, 3.05) is 19.4 Å². The molecule has 1 saturated carbocycles. The van der Waals surface area contributed by atoms with E-state index in [1.807, 2.05) is 14.1 Å². The summed E-state index contributed by atoms with van der Waals surface area (Å²) in [5.74, 6) is -0.720. The van der Waals surface area contributed by atoms with Crippen molar-refractivity contribution in [1.29, 1.82) is 0 Å². The van der Waals surface area contributed by atoms with Gasteiger partial charge in [0.05, 0.1) is 0 Å². The summed E-state index contributed by atoms with van der Waals surface area (Å²) in [6, 6.07) is 2.20. The molecule has 1 N–H and O–H groups in total. The zero-order chi connectivity index (χ0) is 16.8. The molecule has 0 spiro atoms. The van der Waals surface area contributed by atoms with E-state index in [1.54, 1.807) is 13.0 Å². The maximum atomic E-state index is 12.8. The second-order valence-electron chi connectivity index (χ2n) is 6.14. The first-order valence-corrected chi connectivity index (χ1v) is 7.50. The van der Waals surface area contributed by atoms with Gasteiger partial charge in [-0.15, -0.1) is 5.10 Å². The first-order valence-electron chi connectivity index (χ1n) is 7.50. The van der Waals surface area contributed by atoms with Crippen molar-refractivity contribution in [3.05, 3.63) is 17.6 Å². The highest BCUT2D eigenvalue weighted by molar-refractivity contribution is 5.46. The SMILES string of the molecule is Cc1cc(N[C@H]2CCC[C@@H]2N(C)C)n2nc(C(F)(F)F)nc2n1. The molecule has 1 aliphatic carbocycles. The van der Waals surface area contributed by atoms with E-state index in [0.717, 1.165) is 23.8 Å². The number of aryl methyl sites for hydroxylation is 1. The van der Waals surface area contributed by atoms with Crippen LogP contribution in [0.1, 0.15) is 30.8 Å². The van der Waals surface area contributed by atoms with Crippen LogP contribution in [0, 0.1) is 6.92 Å². The number of hydrogen-bond donors (Lipinski definition) is 1. The number of nitrogens with one attached hydrogen (secondary N) is 1. The summed E-state index contributed by atoms with van der Waals surface area (Å²) in [6.45, 7) is 1.73. The van der Waals surface area contributed by atoms with Gasteiger partial charge < -0.3 is 10.2 Å². The topological polar surface area (TPSA) is 58.4 Å². The summed E-state index contributed by atoms with van der Waals surface area (Å²) >= 11 is 0. The Labute approximate surface area is 131 Å². The van der Waals surface area contributed by atoms with Crippen LogP contribution in [0.4, 0.5) is 19.0 Å². The molecule has 0 aliphatic heterocycles. The minimum atomic E-state index is -4.58. The third-order valence-corrected chi connectivity index (χ3v) is 4.17. The molecule has 0 saturated heterocycles. The molecule has 2 heterocycles. The van der Waals surface area contributed by atoms with Crippen molar-refractivity contribution in [3.8, 4) is 0 Å². The van der Waals surface area contributed by atoms with Crippen molar-refractivity contribution >= 4 is 11.6 Å². The van der Waals surface area contributed by atoms with Crippen LogP contribution in [0.3, 0.4) is 0 Å². The molecule has 0 aromatic carbocycles. The van der Waals surface area contributed by atoms with Crippen molar-refractivity contribution in [3.63, 3.8) is 0 Å². The number of halogens is 3. The van der Waals surface area contributed by atoms with Crippen LogP contribution in [0.25, 0.3) is 5.78 Å². The molecule has 2 aromatic rings. The van der Waals surface area contributed by atoms with E-state index in [4.69, 9.17) is 0 Å². The van der Waals surface area contributed by atoms with E-state index in [1.165, 1.54) is 0 Å².